The molecule has 0 radical (unpaired) electrons. The number of nitrogens with two attached hydrogens (primary N) is 1. The van der Waals surface area contributed by atoms with E-state index in [-0.39, 0.29) is 40.2 Å². The molecule has 1 aromatic carbocycles. The Bertz CT molecular complexity index is 1400. The fourth-order valence-electron chi connectivity index (χ4n) is 3.12. The first-order valence-corrected chi connectivity index (χ1v) is 9.54. The number of aromatic nitrogens is 3. The number of hydrogen-bond donors (Lipinski definition) is 2. The molecule has 0 unspecified atom stereocenters. The molecule has 0 aliphatic heterocycles. The molecule has 0 aliphatic carbocycles. The third kappa shape index (κ3) is 4.05. The summed E-state index contributed by atoms with van der Waals surface area (Å²) in [6, 6.07) is 3.61. The van der Waals surface area contributed by atoms with E-state index in [1.807, 2.05) is 0 Å². The number of nitrogen functional groups attached to an aromatic ring is 1. The minimum Gasteiger partial charge on any atom is -0.494 e. The summed E-state index contributed by atoms with van der Waals surface area (Å²) in [5.74, 6) is -4.65. The van der Waals surface area contributed by atoms with Gasteiger partial charge in [-0.05, 0) is 12.1 Å². The molecule has 0 spiro atoms. The highest BCUT2D eigenvalue weighted by atomic mass is 19.1. The van der Waals surface area contributed by atoms with Crippen molar-refractivity contribution in [1.29, 1.82) is 0 Å². The SMILES string of the molecule is COc1cc(OC)c(F)c(C(=O)c2cc3cc(NC(=O)Oc4nn(C)cc4N)ncc3o2)c1F. The van der Waals surface area contributed by atoms with E-state index in [1.54, 1.807) is 7.05 Å². The van der Waals surface area contributed by atoms with Gasteiger partial charge in [0.2, 0.25) is 5.78 Å². The molecule has 0 bridgehead atoms. The quantitative estimate of drug-likeness (QED) is 0.403. The standard InChI is InChI=1S/C21H17F2N5O6/c1-28-8-10(24)20(27-28)34-21(30)26-15-5-9-4-13(33-14(9)7-25-15)19(29)16-17(22)11(31-2)6-12(32-3)18(16)23/h4-8H,24H2,1-3H3,(H,25,26,30). The maximum atomic E-state index is 14.7. The molecule has 1 amide bonds. The first kappa shape index (κ1) is 22.5. The van der Waals surface area contributed by atoms with Crippen LogP contribution in [0, 0.1) is 11.6 Å². The van der Waals surface area contributed by atoms with Gasteiger partial charge in [-0.25, -0.2) is 18.6 Å². The zero-order valence-electron chi connectivity index (χ0n) is 18.0. The highest BCUT2D eigenvalue weighted by Crippen LogP contribution is 2.33. The van der Waals surface area contributed by atoms with Crippen molar-refractivity contribution in [2.24, 2.45) is 7.05 Å². The number of rotatable bonds is 6. The van der Waals surface area contributed by atoms with Crippen LogP contribution in [0.4, 0.5) is 25.1 Å². The zero-order chi connectivity index (χ0) is 24.6. The molecule has 13 heteroatoms. The van der Waals surface area contributed by atoms with Crippen LogP contribution in [0.15, 0.2) is 35.0 Å². The summed E-state index contributed by atoms with van der Waals surface area (Å²) in [6.07, 6.45) is 1.76. The second-order valence-corrected chi connectivity index (χ2v) is 6.91. The lowest BCUT2D eigenvalue weighted by Crippen LogP contribution is -2.18. The molecule has 0 aliphatic rings. The average Bonchev–Trinajstić information content (AvgIpc) is 3.35. The number of nitrogens with one attached hydrogen (secondary N) is 1. The molecule has 34 heavy (non-hydrogen) atoms. The van der Waals surface area contributed by atoms with Crippen LogP contribution in [0.5, 0.6) is 17.4 Å². The second kappa shape index (κ2) is 8.69. The topological polar surface area (TPSA) is 144 Å². The molecular formula is C21H17F2N5O6. The van der Waals surface area contributed by atoms with Crippen molar-refractivity contribution < 1.29 is 37.0 Å². The van der Waals surface area contributed by atoms with Crippen molar-refractivity contribution >= 4 is 34.4 Å². The van der Waals surface area contributed by atoms with Crippen LogP contribution in [0.2, 0.25) is 0 Å². The van der Waals surface area contributed by atoms with Gasteiger partial charge in [-0.15, -0.1) is 5.10 Å². The zero-order valence-corrected chi connectivity index (χ0v) is 18.0. The molecule has 3 aromatic heterocycles. The van der Waals surface area contributed by atoms with Crippen molar-refractivity contribution in [2.45, 2.75) is 0 Å². The van der Waals surface area contributed by atoms with E-state index < -0.39 is 29.1 Å². The number of fused-ring (bicyclic) bond motifs is 1. The summed E-state index contributed by atoms with van der Waals surface area (Å²) in [5.41, 5.74) is 5.06. The third-order valence-corrected chi connectivity index (χ3v) is 4.67. The van der Waals surface area contributed by atoms with Gasteiger partial charge in [0.25, 0.3) is 5.88 Å². The van der Waals surface area contributed by atoms with Gasteiger partial charge in [0, 0.05) is 18.5 Å². The highest BCUT2D eigenvalue weighted by molar-refractivity contribution is 6.10. The van der Waals surface area contributed by atoms with Crippen molar-refractivity contribution in [1.82, 2.24) is 14.8 Å². The normalized spacial score (nSPS) is 10.9. The molecule has 0 saturated carbocycles. The van der Waals surface area contributed by atoms with Gasteiger partial charge in [0.1, 0.15) is 17.1 Å². The van der Waals surface area contributed by atoms with Gasteiger partial charge in [-0.1, -0.05) is 0 Å². The van der Waals surface area contributed by atoms with E-state index in [9.17, 15) is 18.4 Å². The van der Waals surface area contributed by atoms with Crippen molar-refractivity contribution in [3.05, 3.63) is 53.6 Å². The van der Waals surface area contributed by atoms with Crippen LogP contribution in [0.25, 0.3) is 11.0 Å². The Morgan fingerprint density at radius 2 is 1.79 bits per heavy atom. The van der Waals surface area contributed by atoms with E-state index in [1.165, 1.54) is 43.4 Å². The largest absolute Gasteiger partial charge is 0.494 e. The first-order chi connectivity index (χ1) is 16.2. The number of anilines is 2. The summed E-state index contributed by atoms with van der Waals surface area (Å²) >= 11 is 0. The predicted molar refractivity (Wildman–Crippen MR) is 114 cm³/mol. The Labute approximate surface area is 190 Å². The maximum absolute atomic E-state index is 14.7. The van der Waals surface area contributed by atoms with E-state index in [2.05, 4.69) is 15.4 Å². The number of ketones is 1. The van der Waals surface area contributed by atoms with Gasteiger partial charge in [-0.2, -0.15) is 0 Å². The van der Waals surface area contributed by atoms with Crippen molar-refractivity contribution in [3.8, 4) is 17.4 Å². The van der Waals surface area contributed by atoms with Gasteiger partial charge < -0.3 is 24.4 Å². The van der Waals surface area contributed by atoms with E-state index in [0.717, 1.165) is 6.07 Å². The Hall–Kier alpha value is -4.68. The number of amides is 1. The number of hydrogen-bond acceptors (Lipinski definition) is 9. The highest BCUT2D eigenvalue weighted by Gasteiger charge is 2.28. The minimum absolute atomic E-state index is 0.0483. The van der Waals surface area contributed by atoms with Crippen LogP contribution in [-0.2, 0) is 7.05 Å². The summed E-state index contributed by atoms with van der Waals surface area (Å²) in [4.78, 5) is 29.0. The van der Waals surface area contributed by atoms with Crippen LogP contribution < -0.4 is 25.3 Å². The second-order valence-electron chi connectivity index (χ2n) is 6.91. The maximum Gasteiger partial charge on any atom is 0.419 e. The number of nitrogens with zero attached hydrogens (tertiary/aromatic N) is 3. The van der Waals surface area contributed by atoms with Crippen LogP contribution in [-0.4, -0.2) is 40.9 Å². The Morgan fingerprint density at radius 1 is 1.12 bits per heavy atom. The van der Waals surface area contributed by atoms with Crippen LogP contribution >= 0.6 is 0 Å². The molecule has 0 atom stereocenters. The third-order valence-electron chi connectivity index (χ3n) is 4.67. The molecular weight excluding hydrogens is 456 g/mol. The van der Waals surface area contributed by atoms with Gasteiger partial charge >= 0.3 is 6.09 Å². The number of carbonyl (C=O) groups excluding carboxylic acids is 2. The van der Waals surface area contributed by atoms with Crippen molar-refractivity contribution in [3.63, 3.8) is 0 Å². The Morgan fingerprint density at radius 3 is 2.38 bits per heavy atom. The number of benzene rings is 1. The lowest BCUT2D eigenvalue weighted by molar-refractivity contribution is 0.100. The van der Waals surface area contributed by atoms with Gasteiger partial charge in [-0.3, -0.25) is 14.8 Å². The minimum atomic E-state index is -1.21. The Kier molecular flexibility index (Phi) is 5.75. The fraction of sp³-hybridized carbons (Fsp3) is 0.143. The predicted octanol–water partition coefficient (Wildman–Crippen LogP) is 3.28. The van der Waals surface area contributed by atoms with E-state index >= 15 is 0 Å². The molecule has 176 valence electrons. The molecule has 3 N–H and O–H groups in total. The number of aryl methyl sites for hydroxylation is 1. The first-order valence-electron chi connectivity index (χ1n) is 9.54. The average molecular weight is 473 g/mol. The monoisotopic (exact) mass is 473 g/mol. The van der Waals surface area contributed by atoms with Crippen LogP contribution in [0.1, 0.15) is 16.1 Å². The number of halogens is 2. The lowest BCUT2D eigenvalue weighted by Gasteiger charge is -2.10. The molecule has 0 fully saturated rings. The number of pyridine rings is 1. The van der Waals surface area contributed by atoms with E-state index in [4.69, 9.17) is 24.4 Å². The fourth-order valence-corrected chi connectivity index (χ4v) is 3.12. The number of furan rings is 1. The van der Waals surface area contributed by atoms with Gasteiger partial charge in [0.15, 0.2) is 34.5 Å². The van der Waals surface area contributed by atoms with Gasteiger partial charge in [0.05, 0.1) is 26.6 Å². The Balaban J connectivity index is 1.61. The van der Waals surface area contributed by atoms with Crippen molar-refractivity contribution in [2.75, 3.05) is 25.3 Å². The molecule has 0 saturated heterocycles. The smallest absolute Gasteiger partial charge is 0.419 e. The lowest BCUT2D eigenvalue weighted by atomic mass is 10.1. The summed E-state index contributed by atoms with van der Waals surface area (Å²) in [6.45, 7) is 0. The summed E-state index contributed by atoms with van der Waals surface area (Å²) in [5, 5.41) is 6.59. The molecule has 4 rings (SSSR count). The molecule has 4 aromatic rings. The van der Waals surface area contributed by atoms with Crippen LogP contribution in [0.3, 0.4) is 0 Å². The summed E-state index contributed by atoms with van der Waals surface area (Å²) < 4.78 is 50.9. The summed E-state index contributed by atoms with van der Waals surface area (Å²) in [7, 11) is 3.94. The number of methoxy groups -OCH3 is 2. The van der Waals surface area contributed by atoms with E-state index in [0.29, 0.717) is 5.39 Å². The number of carbonyl (C=O) groups is 2. The number of ether oxygens (including phenoxy) is 3. The molecule has 3 heterocycles. The molecule has 11 nitrogen and oxygen atoms in total.